The lowest BCUT2D eigenvalue weighted by Gasteiger charge is -2.07. The van der Waals surface area contributed by atoms with Crippen molar-refractivity contribution in [1.29, 1.82) is 0 Å². The maximum Gasteiger partial charge on any atom is 0.321 e. The molecule has 1 aromatic heterocycles. The minimum atomic E-state index is -3.99. The first kappa shape index (κ1) is 21.2. The van der Waals surface area contributed by atoms with E-state index in [2.05, 4.69) is 14.9 Å². The summed E-state index contributed by atoms with van der Waals surface area (Å²) in [5, 5.41) is 3.90. The minimum Gasteiger partial charge on any atom is -0.456 e. The van der Waals surface area contributed by atoms with E-state index in [-0.39, 0.29) is 33.3 Å². The molecule has 3 aromatic rings. The Morgan fingerprint density at radius 3 is 2.55 bits per heavy atom. The third kappa shape index (κ3) is 5.51. The first-order chi connectivity index (χ1) is 13.7. The number of carbonyl (C=O) groups is 1. The molecule has 1 N–H and O–H groups in total. The van der Waals surface area contributed by atoms with Crippen molar-refractivity contribution in [2.24, 2.45) is 0 Å². The van der Waals surface area contributed by atoms with Crippen LogP contribution in [0.4, 0.5) is 4.39 Å². The lowest BCUT2D eigenvalue weighted by Crippen LogP contribution is -2.30. The van der Waals surface area contributed by atoms with Crippen molar-refractivity contribution in [2.45, 2.75) is 11.5 Å². The Kier molecular flexibility index (Phi) is 6.48. The summed E-state index contributed by atoms with van der Waals surface area (Å²) >= 11 is 11.5. The van der Waals surface area contributed by atoms with E-state index in [0.717, 1.165) is 6.07 Å². The standard InChI is InChI=1S/C17H12Cl2FN3O5S/c18-13-6-5-12(7-14(13)19)29(25,26)21-8-16(24)27-9-15-22-17(28-23-15)10-1-3-11(20)4-2-10/h1-7,21H,8-9H2. The normalized spacial score (nSPS) is 11.4. The molecule has 0 saturated carbocycles. The number of nitrogens with one attached hydrogen (secondary N) is 1. The van der Waals surface area contributed by atoms with Gasteiger partial charge in [-0.05, 0) is 42.5 Å². The van der Waals surface area contributed by atoms with Crippen LogP contribution in [0.25, 0.3) is 11.5 Å². The number of rotatable bonds is 7. The first-order valence-electron chi connectivity index (χ1n) is 7.93. The Morgan fingerprint density at radius 2 is 1.86 bits per heavy atom. The van der Waals surface area contributed by atoms with Crippen LogP contribution < -0.4 is 4.72 Å². The summed E-state index contributed by atoms with van der Waals surface area (Å²) < 4.78 is 49.3. The molecule has 0 aliphatic carbocycles. The van der Waals surface area contributed by atoms with Crippen molar-refractivity contribution in [3.63, 3.8) is 0 Å². The molecule has 0 unspecified atom stereocenters. The summed E-state index contributed by atoms with van der Waals surface area (Å²) in [4.78, 5) is 15.7. The highest BCUT2D eigenvalue weighted by Gasteiger charge is 2.18. The predicted molar refractivity (Wildman–Crippen MR) is 101 cm³/mol. The zero-order valence-corrected chi connectivity index (χ0v) is 16.8. The molecule has 2 aromatic carbocycles. The largest absolute Gasteiger partial charge is 0.456 e. The molecule has 0 bridgehead atoms. The molecule has 152 valence electrons. The van der Waals surface area contributed by atoms with Crippen LogP contribution in [0.3, 0.4) is 0 Å². The van der Waals surface area contributed by atoms with Gasteiger partial charge >= 0.3 is 5.97 Å². The van der Waals surface area contributed by atoms with E-state index in [1.807, 2.05) is 0 Å². The minimum absolute atomic E-state index is 0.0602. The zero-order valence-electron chi connectivity index (χ0n) is 14.4. The number of ether oxygens (including phenoxy) is 1. The number of hydrogen-bond acceptors (Lipinski definition) is 7. The van der Waals surface area contributed by atoms with Crippen LogP contribution in [0.5, 0.6) is 0 Å². The monoisotopic (exact) mass is 459 g/mol. The average Bonchev–Trinajstić information content (AvgIpc) is 3.16. The maximum absolute atomic E-state index is 12.9. The number of halogens is 3. The molecule has 0 saturated heterocycles. The number of carbonyl (C=O) groups excluding carboxylic acids is 1. The fourth-order valence-electron chi connectivity index (χ4n) is 2.10. The van der Waals surface area contributed by atoms with E-state index >= 15 is 0 Å². The van der Waals surface area contributed by atoms with Gasteiger partial charge in [0.25, 0.3) is 5.89 Å². The van der Waals surface area contributed by atoms with Crippen molar-refractivity contribution in [1.82, 2.24) is 14.9 Å². The lowest BCUT2D eigenvalue weighted by molar-refractivity contribution is -0.143. The van der Waals surface area contributed by atoms with Crippen LogP contribution in [0.15, 0.2) is 51.9 Å². The summed E-state index contributed by atoms with van der Waals surface area (Å²) in [6.45, 7) is -0.955. The van der Waals surface area contributed by atoms with Crippen LogP contribution in [0, 0.1) is 5.82 Å². The summed E-state index contributed by atoms with van der Waals surface area (Å²) in [7, 11) is -3.99. The molecule has 3 rings (SSSR count). The van der Waals surface area contributed by atoms with Crippen LogP contribution in [-0.4, -0.2) is 31.1 Å². The van der Waals surface area contributed by atoms with Crippen LogP contribution in [-0.2, 0) is 26.2 Å². The topological polar surface area (TPSA) is 111 Å². The van der Waals surface area contributed by atoms with Gasteiger partial charge in [-0.3, -0.25) is 4.79 Å². The molecule has 0 fully saturated rings. The van der Waals surface area contributed by atoms with E-state index < -0.39 is 28.4 Å². The number of benzene rings is 2. The second-order valence-corrected chi connectivity index (χ2v) is 8.17. The molecule has 12 heteroatoms. The zero-order chi connectivity index (χ0) is 21.0. The van der Waals surface area contributed by atoms with Crippen LogP contribution in [0.1, 0.15) is 5.82 Å². The molecule has 0 radical (unpaired) electrons. The van der Waals surface area contributed by atoms with E-state index in [4.69, 9.17) is 32.5 Å². The van der Waals surface area contributed by atoms with Gasteiger partial charge in [-0.25, -0.2) is 12.8 Å². The van der Waals surface area contributed by atoms with Crippen LogP contribution >= 0.6 is 23.2 Å². The molecule has 1 heterocycles. The number of aromatic nitrogens is 2. The van der Waals surface area contributed by atoms with Crippen LogP contribution in [0.2, 0.25) is 10.0 Å². The van der Waals surface area contributed by atoms with Gasteiger partial charge < -0.3 is 9.26 Å². The van der Waals surface area contributed by atoms with Gasteiger partial charge in [-0.1, -0.05) is 28.4 Å². The number of esters is 1. The summed E-state index contributed by atoms with van der Waals surface area (Å²) in [6, 6.07) is 9.11. The summed E-state index contributed by atoms with van der Waals surface area (Å²) in [5.74, 6) is -1.09. The smallest absolute Gasteiger partial charge is 0.321 e. The number of hydrogen-bond donors (Lipinski definition) is 1. The number of nitrogens with zero attached hydrogens (tertiary/aromatic N) is 2. The van der Waals surface area contributed by atoms with Crippen molar-refractivity contribution < 1.29 is 26.9 Å². The third-order valence-electron chi connectivity index (χ3n) is 3.53. The molecule has 29 heavy (non-hydrogen) atoms. The van der Waals surface area contributed by atoms with Crippen molar-refractivity contribution >= 4 is 39.2 Å². The number of sulfonamides is 1. The highest BCUT2D eigenvalue weighted by atomic mass is 35.5. The highest BCUT2D eigenvalue weighted by Crippen LogP contribution is 2.24. The Morgan fingerprint density at radius 1 is 1.14 bits per heavy atom. The van der Waals surface area contributed by atoms with Gasteiger partial charge in [0.1, 0.15) is 12.4 Å². The lowest BCUT2D eigenvalue weighted by atomic mass is 10.2. The highest BCUT2D eigenvalue weighted by molar-refractivity contribution is 7.89. The molecule has 8 nitrogen and oxygen atoms in total. The predicted octanol–water partition coefficient (Wildman–Crippen LogP) is 3.20. The second-order valence-electron chi connectivity index (χ2n) is 5.58. The van der Waals surface area contributed by atoms with E-state index in [1.165, 1.54) is 36.4 Å². The van der Waals surface area contributed by atoms with Gasteiger partial charge in [0.15, 0.2) is 6.61 Å². The maximum atomic E-state index is 12.9. The SMILES string of the molecule is O=C(CNS(=O)(=O)c1ccc(Cl)c(Cl)c1)OCc1noc(-c2ccc(F)cc2)n1. The first-order valence-corrected chi connectivity index (χ1v) is 10.2. The molecule has 0 aliphatic heterocycles. The fraction of sp³-hybridized carbons (Fsp3) is 0.118. The Hall–Kier alpha value is -2.53. The van der Waals surface area contributed by atoms with E-state index in [9.17, 15) is 17.6 Å². The van der Waals surface area contributed by atoms with Gasteiger partial charge in [0, 0.05) is 5.56 Å². The molecule has 0 atom stereocenters. The molecule has 0 amide bonds. The van der Waals surface area contributed by atoms with E-state index in [0.29, 0.717) is 5.56 Å². The Bertz CT molecular complexity index is 1140. The molecular formula is C17H12Cl2FN3O5S. The van der Waals surface area contributed by atoms with Crippen molar-refractivity contribution in [2.75, 3.05) is 6.54 Å². The summed E-state index contributed by atoms with van der Waals surface area (Å²) in [6.07, 6.45) is 0. The molecule has 0 aliphatic rings. The summed E-state index contributed by atoms with van der Waals surface area (Å²) in [5.41, 5.74) is 0.492. The third-order valence-corrected chi connectivity index (χ3v) is 5.67. The van der Waals surface area contributed by atoms with Gasteiger partial charge in [0.05, 0.1) is 14.9 Å². The molecular weight excluding hydrogens is 448 g/mol. The van der Waals surface area contributed by atoms with Crippen molar-refractivity contribution in [3.8, 4) is 11.5 Å². The van der Waals surface area contributed by atoms with E-state index in [1.54, 1.807) is 0 Å². The van der Waals surface area contributed by atoms with Gasteiger partial charge in [0.2, 0.25) is 15.8 Å². The Labute approximate surface area is 174 Å². The Balaban J connectivity index is 1.53. The average molecular weight is 460 g/mol. The van der Waals surface area contributed by atoms with Gasteiger partial charge in [-0.15, -0.1) is 0 Å². The van der Waals surface area contributed by atoms with Gasteiger partial charge in [-0.2, -0.15) is 9.71 Å². The quantitative estimate of drug-likeness (QED) is 0.539. The van der Waals surface area contributed by atoms with Crippen molar-refractivity contribution in [3.05, 3.63) is 64.2 Å². The fourth-order valence-corrected chi connectivity index (χ4v) is 3.46. The molecule has 0 spiro atoms. The second kappa shape index (κ2) is 8.87.